The van der Waals surface area contributed by atoms with Gasteiger partial charge in [0, 0.05) is 0 Å². The molecule has 0 spiro atoms. The molecule has 0 aromatic heterocycles. The molecule has 4 nitrogen and oxygen atoms in total. The molecule has 2 atom stereocenters. The van der Waals surface area contributed by atoms with Gasteiger partial charge in [0.2, 0.25) is 0 Å². The summed E-state index contributed by atoms with van der Waals surface area (Å²) in [6, 6.07) is 6.09. The molecule has 4 heteroatoms. The van der Waals surface area contributed by atoms with Crippen molar-refractivity contribution in [2.45, 2.75) is 19.2 Å². The average molecular weight is 193 g/mol. The number of phenols is 1. The molecule has 1 fully saturated rings. The van der Waals surface area contributed by atoms with Gasteiger partial charge >= 0.3 is 5.97 Å². The molecule has 1 aromatic rings. The number of carbonyl (C=O) groups excluding carboxylic acids is 1. The molecule has 0 bridgehead atoms. The zero-order valence-electron chi connectivity index (χ0n) is 7.73. The Morgan fingerprint density at radius 1 is 1.36 bits per heavy atom. The highest BCUT2D eigenvalue weighted by molar-refractivity contribution is 5.79. The molecule has 1 heterocycles. The fraction of sp³-hybridized carbons (Fsp3) is 0.300. The second-order valence-corrected chi connectivity index (χ2v) is 3.27. The van der Waals surface area contributed by atoms with Crippen LogP contribution in [0.25, 0.3) is 0 Å². The van der Waals surface area contributed by atoms with Crippen LogP contribution in [0.4, 0.5) is 0 Å². The molecule has 0 amide bonds. The van der Waals surface area contributed by atoms with Crippen molar-refractivity contribution in [2.24, 2.45) is 0 Å². The lowest BCUT2D eigenvalue weighted by atomic mass is 10.1. The Kier molecular flexibility index (Phi) is 2.13. The summed E-state index contributed by atoms with van der Waals surface area (Å²) >= 11 is 0. The van der Waals surface area contributed by atoms with Crippen LogP contribution in [-0.4, -0.2) is 17.3 Å². The van der Waals surface area contributed by atoms with Gasteiger partial charge in [-0.05, 0) is 24.6 Å². The number of nitrogens with one attached hydrogen (secondary N) is 1. The number of aromatic hydroxyl groups is 1. The summed E-state index contributed by atoms with van der Waals surface area (Å²) in [5, 5.41) is 12.1. The molecule has 2 rings (SSSR count). The third-order valence-electron chi connectivity index (χ3n) is 2.16. The van der Waals surface area contributed by atoms with Crippen LogP contribution < -0.4 is 5.32 Å². The van der Waals surface area contributed by atoms with Gasteiger partial charge in [0.15, 0.2) is 6.23 Å². The van der Waals surface area contributed by atoms with E-state index in [4.69, 9.17) is 9.84 Å². The van der Waals surface area contributed by atoms with Crippen LogP contribution in [-0.2, 0) is 9.53 Å². The molecular weight excluding hydrogens is 182 g/mol. The summed E-state index contributed by atoms with van der Waals surface area (Å²) < 4.78 is 4.95. The average Bonchev–Trinajstić information content (AvgIpc) is 2.47. The SMILES string of the molecule is CC1NC(c2ccc(O)cc2)C(=O)O1. The molecule has 14 heavy (non-hydrogen) atoms. The van der Waals surface area contributed by atoms with Crippen molar-refractivity contribution in [3.63, 3.8) is 0 Å². The van der Waals surface area contributed by atoms with Gasteiger partial charge in [0.1, 0.15) is 11.8 Å². The lowest BCUT2D eigenvalue weighted by Crippen LogP contribution is -2.22. The fourth-order valence-corrected chi connectivity index (χ4v) is 1.48. The highest BCUT2D eigenvalue weighted by atomic mass is 16.6. The minimum Gasteiger partial charge on any atom is -0.508 e. The van der Waals surface area contributed by atoms with Crippen LogP contribution in [0.15, 0.2) is 24.3 Å². The summed E-state index contributed by atoms with van der Waals surface area (Å²) in [5.41, 5.74) is 0.803. The largest absolute Gasteiger partial charge is 0.508 e. The van der Waals surface area contributed by atoms with Gasteiger partial charge in [-0.25, -0.2) is 4.79 Å². The summed E-state index contributed by atoms with van der Waals surface area (Å²) in [6.45, 7) is 1.78. The van der Waals surface area contributed by atoms with E-state index in [-0.39, 0.29) is 17.9 Å². The Bertz CT molecular complexity index is 347. The number of phenolic OH excluding ortho intramolecular Hbond substituents is 1. The van der Waals surface area contributed by atoms with Crippen molar-refractivity contribution >= 4 is 5.97 Å². The summed E-state index contributed by atoms with van der Waals surface area (Å²) in [6.07, 6.45) is -0.249. The van der Waals surface area contributed by atoms with Gasteiger partial charge in [-0.3, -0.25) is 5.32 Å². The van der Waals surface area contributed by atoms with Crippen LogP contribution in [0.5, 0.6) is 5.75 Å². The van der Waals surface area contributed by atoms with Crippen molar-refractivity contribution < 1.29 is 14.6 Å². The molecule has 0 radical (unpaired) electrons. The molecule has 74 valence electrons. The van der Waals surface area contributed by atoms with Gasteiger partial charge < -0.3 is 9.84 Å². The Hall–Kier alpha value is -1.55. The van der Waals surface area contributed by atoms with E-state index >= 15 is 0 Å². The quantitative estimate of drug-likeness (QED) is 0.651. The van der Waals surface area contributed by atoms with Crippen LogP contribution in [0, 0.1) is 0 Å². The highest BCUT2D eigenvalue weighted by Gasteiger charge is 2.31. The molecule has 1 saturated heterocycles. The smallest absolute Gasteiger partial charge is 0.329 e. The number of carbonyl (C=O) groups is 1. The first-order valence-electron chi connectivity index (χ1n) is 4.42. The molecule has 2 N–H and O–H groups in total. The van der Waals surface area contributed by atoms with E-state index in [1.165, 1.54) is 0 Å². The predicted molar refractivity (Wildman–Crippen MR) is 49.5 cm³/mol. The van der Waals surface area contributed by atoms with E-state index in [9.17, 15) is 4.79 Å². The Morgan fingerprint density at radius 2 is 2.00 bits per heavy atom. The van der Waals surface area contributed by atoms with E-state index in [0.29, 0.717) is 0 Å². The zero-order chi connectivity index (χ0) is 10.1. The van der Waals surface area contributed by atoms with Gasteiger partial charge in [-0.1, -0.05) is 12.1 Å². The maximum absolute atomic E-state index is 11.3. The van der Waals surface area contributed by atoms with Gasteiger partial charge in [-0.2, -0.15) is 0 Å². The number of rotatable bonds is 1. The minimum absolute atomic E-state index is 0.188. The van der Waals surface area contributed by atoms with Gasteiger partial charge in [-0.15, -0.1) is 0 Å². The maximum Gasteiger partial charge on any atom is 0.329 e. The van der Waals surface area contributed by atoms with Crippen molar-refractivity contribution in [1.82, 2.24) is 5.32 Å². The molecule has 1 aromatic carbocycles. The summed E-state index contributed by atoms with van der Waals surface area (Å²) in [4.78, 5) is 11.3. The Balaban J connectivity index is 2.23. The van der Waals surface area contributed by atoms with Crippen molar-refractivity contribution in [1.29, 1.82) is 0 Å². The number of hydrogen-bond acceptors (Lipinski definition) is 4. The topological polar surface area (TPSA) is 58.6 Å². The van der Waals surface area contributed by atoms with Crippen molar-refractivity contribution in [3.8, 4) is 5.75 Å². The lowest BCUT2D eigenvalue weighted by molar-refractivity contribution is -0.141. The molecular formula is C10H11NO3. The highest BCUT2D eigenvalue weighted by Crippen LogP contribution is 2.22. The number of benzene rings is 1. The van der Waals surface area contributed by atoms with E-state index in [2.05, 4.69) is 5.32 Å². The first-order chi connectivity index (χ1) is 6.66. The van der Waals surface area contributed by atoms with Crippen LogP contribution >= 0.6 is 0 Å². The maximum atomic E-state index is 11.3. The number of cyclic esters (lactones) is 1. The number of esters is 1. The third kappa shape index (κ3) is 1.56. The second-order valence-electron chi connectivity index (χ2n) is 3.27. The first kappa shape index (κ1) is 9.02. The molecule has 1 aliphatic heterocycles. The molecule has 0 aliphatic carbocycles. The van der Waals surface area contributed by atoms with Crippen LogP contribution in [0.3, 0.4) is 0 Å². The monoisotopic (exact) mass is 193 g/mol. The number of hydrogen-bond donors (Lipinski definition) is 2. The second kappa shape index (κ2) is 3.31. The van der Waals surface area contributed by atoms with E-state index < -0.39 is 6.04 Å². The minimum atomic E-state index is -0.411. The zero-order valence-corrected chi connectivity index (χ0v) is 7.73. The lowest BCUT2D eigenvalue weighted by Gasteiger charge is -2.06. The van der Waals surface area contributed by atoms with Crippen molar-refractivity contribution in [2.75, 3.05) is 0 Å². The Morgan fingerprint density at radius 3 is 2.50 bits per heavy atom. The van der Waals surface area contributed by atoms with Gasteiger partial charge in [0.05, 0.1) is 0 Å². The van der Waals surface area contributed by atoms with Crippen LogP contribution in [0.1, 0.15) is 18.5 Å². The molecule has 0 saturated carbocycles. The first-order valence-corrected chi connectivity index (χ1v) is 4.42. The standard InChI is InChI=1S/C10H11NO3/c1-6-11-9(10(13)14-6)7-2-4-8(12)5-3-7/h2-6,9,11-12H,1H3. The van der Waals surface area contributed by atoms with E-state index in [1.807, 2.05) is 0 Å². The predicted octanol–water partition coefficient (Wildman–Crippen LogP) is 0.926. The normalized spacial score (nSPS) is 26.2. The molecule has 2 unspecified atom stereocenters. The van der Waals surface area contributed by atoms with Crippen LogP contribution in [0.2, 0.25) is 0 Å². The van der Waals surface area contributed by atoms with Gasteiger partial charge in [0.25, 0.3) is 0 Å². The summed E-state index contributed by atoms with van der Waals surface area (Å²) in [5.74, 6) is -0.0867. The summed E-state index contributed by atoms with van der Waals surface area (Å²) in [7, 11) is 0. The third-order valence-corrected chi connectivity index (χ3v) is 2.16. The van der Waals surface area contributed by atoms with E-state index in [1.54, 1.807) is 31.2 Å². The number of ether oxygens (including phenoxy) is 1. The van der Waals surface area contributed by atoms with E-state index in [0.717, 1.165) is 5.56 Å². The Labute approximate surface area is 81.5 Å². The van der Waals surface area contributed by atoms with Crippen molar-refractivity contribution in [3.05, 3.63) is 29.8 Å². The fourth-order valence-electron chi connectivity index (χ4n) is 1.48. The molecule has 1 aliphatic rings.